The summed E-state index contributed by atoms with van der Waals surface area (Å²) in [6.45, 7) is 15.1. The summed E-state index contributed by atoms with van der Waals surface area (Å²) in [4.78, 5) is 0. The van der Waals surface area contributed by atoms with Crippen LogP contribution < -0.4 is 0 Å². The first kappa shape index (κ1) is 15.4. The first-order chi connectivity index (χ1) is 7.98. The van der Waals surface area contributed by atoms with E-state index in [1.54, 1.807) is 7.11 Å². The molecule has 0 unspecified atom stereocenters. The zero-order valence-electron chi connectivity index (χ0n) is 12.8. The van der Waals surface area contributed by atoms with Gasteiger partial charge in [-0.05, 0) is 18.1 Å². The van der Waals surface area contributed by atoms with Crippen molar-refractivity contribution in [3.63, 3.8) is 0 Å². The minimum atomic E-state index is -1.92. The Morgan fingerprint density at radius 2 is 1.83 bits per heavy atom. The third-order valence-corrected chi connectivity index (χ3v) is 7.80. The predicted molar refractivity (Wildman–Crippen MR) is 73.4 cm³/mol. The van der Waals surface area contributed by atoms with Gasteiger partial charge >= 0.3 is 5.95 Å². The van der Waals surface area contributed by atoms with E-state index in [2.05, 4.69) is 33.9 Å². The van der Waals surface area contributed by atoms with Crippen LogP contribution in [0.1, 0.15) is 34.6 Å². The Labute approximate surface area is 111 Å². The van der Waals surface area contributed by atoms with Gasteiger partial charge in [0.15, 0.2) is 0 Å². The van der Waals surface area contributed by atoms with Crippen LogP contribution in [0.2, 0.25) is 18.1 Å². The second kappa shape index (κ2) is 4.77. The Balaban J connectivity index is 2.90. The van der Waals surface area contributed by atoms with Gasteiger partial charge in [0.2, 0.25) is 11.5 Å². The van der Waals surface area contributed by atoms with Crippen LogP contribution in [0, 0.1) is 0 Å². The van der Waals surface area contributed by atoms with E-state index in [0.29, 0.717) is 18.3 Å². The molecular weight excluding hydrogens is 248 g/mol. The molecule has 106 valence electrons. The molecule has 0 atom stereocenters. The fourth-order valence-electron chi connectivity index (χ4n) is 1.29. The van der Waals surface area contributed by atoms with Crippen LogP contribution in [0.3, 0.4) is 0 Å². The van der Waals surface area contributed by atoms with Crippen LogP contribution in [0.15, 0.2) is 11.7 Å². The lowest BCUT2D eigenvalue weighted by Gasteiger charge is -2.36. The van der Waals surface area contributed by atoms with E-state index in [1.807, 2.05) is 13.8 Å². The lowest BCUT2D eigenvalue weighted by molar-refractivity contribution is -0.119. The van der Waals surface area contributed by atoms with E-state index >= 15 is 0 Å². The molecule has 0 spiro atoms. The monoisotopic (exact) mass is 274 g/mol. The average Bonchev–Trinajstić information content (AvgIpc) is 2.53. The van der Waals surface area contributed by atoms with Crippen molar-refractivity contribution in [2.75, 3.05) is 13.7 Å². The number of hydrogen-bond donors (Lipinski definition) is 0. The summed E-state index contributed by atoms with van der Waals surface area (Å²) in [5.41, 5.74) is 0. The molecule has 5 heteroatoms. The van der Waals surface area contributed by atoms with Crippen LogP contribution in [0.25, 0.3) is 0 Å². The fourth-order valence-corrected chi connectivity index (χ4v) is 2.26. The molecular formula is C13H26O4Si. The molecule has 0 radical (unpaired) electrons. The Morgan fingerprint density at radius 1 is 1.28 bits per heavy atom. The van der Waals surface area contributed by atoms with Crippen molar-refractivity contribution in [2.24, 2.45) is 0 Å². The molecule has 1 heterocycles. The Bertz CT molecular complexity index is 339. The van der Waals surface area contributed by atoms with Crippen molar-refractivity contribution in [3.05, 3.63) is 11.7 Å². The summed E-state index contributed by atoms with van der Waals surface area (Å²) in [6, 6.07) is 0. The number of methoxy groups -OCH3 is 1. The number of rotatable bonds is 3. The zero-order chi connectivity index (χ0) is 14.2. The van der Waals surface area contributed by atoms with Gasteiger partial charge in [-0.3, -0.25) is 0 Å². The minimum Gasteiger partial charge on any atom is -0.516 e. The first-order valence-electron chi connectivity index (χ1n) is 6.28. The van der Waals surface area contributed by atoms with Crippen molar-refractivity contribution in [2.45, 2.75) is 58.5 Å². The second-order valence-corrected chi connectivity index (χ2v) is 11.3. The summed E-state index contributed by atoms with van der Waals surface area (Å²) in [5.74, 6) is 0.509. The van der Waals surface area contributed by atoms with Gasteiger partial charge in [0.05, 0.1) is 7.11 Å². The van der Waals surface area contributed by atoms with E-state index in [9.17, 15) is 0 Å². The molecule has 1 fully saturated rings. The van der Waals surface area contributed by atoms with Crippen molar-refractivity contribution < 1.29 is 18.6 Å². The van der Waals surface area contributed by atoms with Crippen LogP contribution in [0.5, 0.6) is 0 Å². The highest BCUT2D eigenvalue weighted by Gasteiger charge is 2.42. The molecule has 0 bridgehead atoms. The molecule has 0 amide bonds. The smallest absolute Gasteiger partial charge is 0.307 e. The Hall–Kier alpha value is -0.683. The van der Waals surface area contributed by atoms with Gasteiger partial charge in [-0.2, -0.15) is 0 Å². The van der Waals surface area contributed by atoms with E-state index < -0.39 is 14.1 Å². The van der Waals surface area contributed by atoms with Gasteiger partial charge in [0.25, 0.3) is 8.32 Å². The lowest BCUT2D eigenvalue weighted by atomic mass is 10.2. The van der Waals surface area contributed by atoms with E-state index in [1.165, 1.54) is 0 Å². The molecule has 4 nitrogen and oxygen atoms in total. The second-order valence-electron chi connectivity index (χ2n) is 6.57. The average molecular weight is 274 g/mol. The maximum Gasteiger partial charge on any atom is 0.307 e. The first-order valence-corrected chi connectivity index (χ1v) is 9.18. The summed E-state index contributed by atoms with van der Waals surface area (Å²) in [5, 5.41) is 0.117. The summed E-state index contributed by atoms with van der Waals surface area (Å²) in [7, 11) is -0.320. The van der Waals surface area contributed by atoms with Gasteiger partial charge < -0.3 is 18.6 Å². The van der Waals surface area contributed by atoms with Crippen LogP contribution in [-0.2, 0) is 18.6 Å². The molecule has 0 aliphatic carbocycles. The number of hydrogen-bond acceptors (Lipinski definition) is 4. The van der Waals surface area contributed by atoms with Gasteiger partial charge in [0.1, 0.15) is 6.61 Å². The largest absolute Gasteiger partial charge is 0.516 e. The van der Waals surface area contributed by atoms with Crippen molar-refractivity contribution in [1.82, 2.24) is 0 Å². The lowest BCUT2D eigenvalue weighted by Crippen LogP contribution is -2.41. The number of ether oxygens (including phenoxy) is 3. The van der Waals surface area contributed by atoms with Gasteiger partial charge in [-0.1, -0.05) is 20.8 Å². The molecule has 0 aromatic heterocycles. The van der Waals surface area contributed by atoms with Crippen LogP contribution in [0.4, 0.5) is 0 Å². The van der Waals surface area contributed by atoms with Crippen LogP contribution >= 0.6 is 0 Å². The zero-order valence-corrected chi connectivity index (χ0v) is 13.8. The SMILES string of the molecule is CO/C(O[Si](C)(C)C(C)(C)C)=C1\COC(C)(C)O1. The molecule has 1 aliphatic rings. The quantitative estimate of drug-likeness (QED) is 0.582. The molecule has 0 aromatic rings. The molecule has 0 saturated carbocycles. The van der Waals surface area contributed by atoms with Gasteiger partial charge in [-0.15, -0.1) is 0 Å². The minimum absolute atomic E-state index is 0.117. The van der Waals surface area contributed by atoms with Crippen molar-refractivity contribution >= 4 is 8.32 Å². The molecule has 0 aromatic carbocycles. The summed E-state index contributed by atoms with van der Waals surface area (Å²) < 4.78 is 22.7. The summed E-state index contributed by atoms with van der Waals surface area (Å²) in [6.07, 6.45) is 0. The van der Waals surface area contributed by atoms with Gasteiger partial charge in [-0.25, -0.2) is 0 Å². The molecule has 0 N–H and O–H groups in total. The third kappa shape index (κ3) is 3.42. The highest BCUT2D eigenvalue weighted by Crippen LogP contribution is 2.39. The Morgan fingerprint density at radius 3 is 2.17 bits per heavy atom. The maximum atomic E-state index is 6.12. The maximum absolute atomic E-state index is 6.12. The fraction of sp³-hybridized carbons (Fsp3) is 0.846. The molecule has 1 saturated heterocycles. The highest BCUT2D eigenvalue weighted by molar-refractivity contribution is 6.74. The standard InChI is InChI=1S/C13H26O4Si/c1-12(2,3)18(7,8)17-11(14-6)10-9-15-13(4,5)16-10/h9H2,1-8H3/b11-10-. The molecule has 18 heavy (non-hydrogen) atoms. The Kier molecular flexibility index (Phi) is 4.08. The van der Waals surface area contributed by atoms with E-state index in [0.717, 1.165) is 0 Å². The van der Waals surface area contributed by atoms with Crippen LogP contribution in [-0.4, -0.2) is 27.8 Å². The molecule has 1 rings (SSSR count). The predicted octanol–water partition coefficient (Wildman–Crippen LogP) is 3.61. The summed E-state index contributed by atoms with van der Waals surface area (Å²) >= 11 is 0. The van der Waals surface area contributed by atoms with Crippen molar-refractivity contribution in [3.8, 4) is 0 Å². The highest BCUT2D eigenvalue weighted by atomic mass is 28.4. The normalized spacial score (nSPS) is 22.4. The molecule has 1 aliphatic heterocycles. The van der Waals surface area contributed by atoms with E-state index in [-0.39, 0.29) is 5.04 Å². The topological polar surface area (TPSA) is 36.9 Å². The van der Waals surface area contributed by atoms with E-state index in [4.69, 9.17) is 18.6 Å². The van der Waals surface area contributed by atoms with Gasteiger partial charge in [0, 0.05) is 13.8 Å². The van der Waals surface area contributed by atoms with Crippen molar-refractivity contribution in [1.29, 1.82) is 0 Å². The third-order valence-electron chi connectivity index (χ3n) is 3.49.